The number of benzene rings is 2. The fourth-order valence-corrected chi connectivity index (χ4v) is 2.10. The molecule has 3 rings (SSSR count). The summed E-state index contributed by atoms with van der Waals surface area (Å²) in [5.41, 5.74) is 2.24. The third kappa shape index (κ3) is 3.27. The summed E-state index contributed by atoms with van der Waals surface area (Å²) < 4.78 is 1.98. The van der Waals surface area contributed by atoms with E-state index >= 15 is 0 Å². The van der Waals surface area contributed by atoms with Gasteiger partial charge in [-0.05, 0) is 48.5 Å². The molecule has 0 fully saturated rings. The summed E-state index contributed by atoms with van der Waals surface area (Å²) >= 11 is 0. The number of urea groups is 1. The Morgan fingerprint density at radius 1 is 0.864 bits per heavy atom. The largest absolute Gasteiger partial charge is 0.508 e. The number of anilines is 2. The van der Waals surface area contributed by atoms with Crippen molar-refractivity contribution in [2.75, 3.05) is 10.6 Å². The number of phenolic OH excluding ortho intramolecular Hbond substituents is 1. The summed E-state index contributed by atoms with van der Waals surface area (Å²) in [6.45, 7) is 0. The average molecular weight is 293 g/mol. The van der Waals surface area contributed by atoms with Crippen LogP contribution in [0.5, 0.6) is 5.75 Å². The molecule has 0 saturated heterocycles. The second-order valence-electron chi connectivity index (χ2n) is 4.77. The van der Waals surface area contributed by atoms with Crippen molar-refractivity contribution in [3.63, 3.8) is 0 Å². The van der Waals surface area contributed by atoms with Crippen molar-refractivity contribution in [1.82, 2.24) is 4.57 Å². The van der Waals surface area contributed by atoms with E-state index in [1.165, 1.54) is 6.07 Å². The number of carbonyl (C=O) groups excluding carboxylic acids is 1. The second kappa shape index (κ2) is 6.05. The normalized spacial score (nSPS) is 10.2. The van der Waals surface area contributed by atoms with Gasteiger partial charge in [0.1, 0.15) is 5.75 Å². The Kier molecular flexibility index (Phi) is 3.78. The monoisotopic (exact) mass is 293 g/mol. The molecule has 110 valence electrons. The molecule has 2 amide bonds. The molecule has 3 aromatic rings. The summed E-state index contributed by atoms with van der Waals surface area (Å²) in [7, 11) is 0. The van der Waals surface area contributed by atoms with Gasteiger partial charge in [0.2, 0.25) is 0 Å². The first kappa shape index (κ1) is 13.8. The van der Waals surface area contributed by atoms with Crippen LogP contribution in [-0.2, 0) is 0 Å². The predicted octanol–water partition coefficient (Wildman–Crippen LogP) is 3.83. The Bertz CT molecular complexity index is 765. The number of rotatable bonds is 3. The topological polar surface area (TPSA) is 66.3 Å². The first-order valence-electron chi connectivity index (χ1n) is 6.81. The van der Waals surface area contributed by atoms with Crippen LogP contribution in [0.15, 0.2) is 73.1 Å². The SMILES string of the molecule is O=C(Nc1ccc(-n2cccc2)cc1)Nc1cccc(O)c1. The minimum Gasteiger partial charge on any atom is -0.508 e. The van der Waals surface area contributed by atoms with Crippen molar-refractivity contribution in [1.29, 1.82) is 0 Å². The zero-order valence-corrected chi connectivity index (χ0v) is 11.7. The zero-order chi connectivity index (χ0) is 15.4. The fraction of sp³-hybridized carbons (Fsp3) is 0. The first-order chi connectivity index (χ1) is 10.7. The third-order valence-electron chi connectivity index (χ3n) is 3.13. The molecule has 2 aromatic carbocycles. The Labute approximate surface area is 127 Å². The van der Waals surface area contributed by atoms with Gasteiger partial charge in [-0.2, -0.15) is 0 Å². The summed E-state index contributed by atoms with van der Waals surface area (Å²) in [4.78, 5) is 11.9. The molecule has 0 bridgehead atoms. The highest BCUT2D eigenvalue weighted by atomic mass is 16.3. The van der Waals surface area contributed by atoms with Crippen LogP contribution in [0.25, 0.3) is 5.69 Å². The van der Waals surface area contributed by atoms with Gasteiger partial charge in [-0.25, -0.2) is 4.79 Å². The fourth-order valence-electron chi connectivity index (χ4n) is 2.10. The minimum atomic E-state index is -0.362. The number of phenols is 1. The number of carbonyl (C=O) groups is 1. The molecule has 0 aliphatic heterocycles. The van der Waals surface area contributed by atoms with E-state index in [1.54, 1.807) is 18.2 Å². The van der Waals surface area contributed by atoms with Crippen molar-refractivity contribution < 1.29 is 9.90 Å². The van der Waals surface area contributed by atoms with Gasteiger partial charge in [0.15, 0.2) is 0 Å². The van der Waals surface area contributed by atoms with Crippen molar-refractivity contribution in [3.05, 3.63) is 73.1 Å². The van der Waals surface area contributed by atoms with Crippen LogP contribution < -0.4 is 10.6 Å². The van der Waals surface area contributed by atoms with Crippen LogP contribution >= 0.6 is 0 Å². The quantitative estimate of drug-likeness (QED) is 0.687. The lowest BCUT2D eigenvalue weighted by Crippen LogP contribution is -2.19. The Balaban J connectivity index is 1.64. The van der Waals surface area contributed by atoms with Crippen molar-refractivity contribution in [2.24, 2.45) is 0 Å². The van der Waals surface area contributed by atoms with Crippen molar-refractivity contribution >= 4 is 17.4 Å². The molecule has 0 radical (unpaired) electrons. The lowest BCUT2D eigenvalue weighted by Gasteiger charge is -2.09. The van der Waals surface area contributed by atoms with E-state index in [0.29, 0.717) is 11.4 Å². The summed E-state index contributed by atoms with van der Waals surface area (Å²) in [5.74, 6) is 0.105. The van der Waals surface area contributed by atoms with E-state index in [4.69, 9.17) is 0 Å². The van der Waals surface area contributed by atoms with E-state index in [0.717, 1.165) is 5.69 Å². The van der Waals surface area contributed by atoms with Gasteiger partial charge in [0, 0.05) is 35.5 Å². The van der Waals surface area contributed by atoms with E-state index < -0.39 is 0 Å². The van der Waals surface area contributed by atoms with Crippen molar-refractivity contribution in [2.45, 2.75) is 0 Å². The number of aromatic nitrogens is 1. The maximum absolute atomic E-state index is 11.9. The third-order valence-corrected chi connectivity index (χ3v) is 3.13. The van der Waals surface area contributed by atoms with Crippen LogP contribution in [0.2, 0.25) is 0 Å². The van der Waals surface area contributed by atoms with Crippen LogP contribution in [-0.4, -0.2) is 15.7 Å². The van der Waals surface area contributed by atoms with Crippen LogP contribution in [0.1, 0.15) is 0 Å². The van der Waals surface area contributed by atoms with E-state index in [9.17, 15) is 9.90 Å². The van der Waals surface area contributed by atoms with Gasteiger partial charge in [-0.3, -0.25) is 0 Å². The number of amides is 2. The second-order valence-corrected chi connectivity index (χ2v) is 4.77. The first-order valence-corrected chi connectivity index (χ1v) is 6.81. The van der Waals surface area contributed by atoms with Gasteiger partial charge < -0.3 is 20.3 Å². The van der Waals surface area contributed by atoms with Gasteiger partial charge >= 0.3 is 6.03 Å². The van der Waals surface area contributed by atoms with Gasteiger partial charge in [-0.15, -0.1) is 0 Å². The van der Waals surface area contributed by atoms with E-state index in [1.807, 2.05) is 53.4 Å². The van der Waals surface area contributed by atoms with Gasteiger partial charge in [0.25, 0.3) is 0 Å². The van der Waals surface area contributed by atoms with Crippen LogP contribution in [0, 0.1) is 0 Å². The minimum absolute atomic E-state index is 0.105. The molecule has 5 nitrogen and oxygen atoms in total. The standard InChI is InChI=1S/C17H15N3O2/c21-16-5-3-4-14(12-16)19-17(22)18-13-6-8-15(9-7-13)20-10-1-2-11-20/h1-12,21H,(H2,18,19,22). The van der Waals surface area contributed by atoms with Crippen LogP contribution in [0.4, 0.5) is 16.2 Å². The zero-order valence-electron chi connectivity index (χ0n) is 11.7. The highest BCUT2D eigenvalue weighted by molar-refractivity contribution is 5.99. The predicted molar refractivity (Wildman–Crippen MR) is 86.5 cm³/mol. The highest BCUT2D eigenvalue weighted by Gasteiger charge is 2.03. The molecule has 22 heavy (non-hydrogen) atoms. The molecule has 0 spiro atoms. The van der Waals surface area contributed by atoms with Gasteiger partial charge in [-0.1, -0.05) is 6.07 Å². The molecule has 1 aromatic heterocycles. The maximum atomic E-state index is 11.9. The highest BCUT2D eigenvalue weighted by Crippen LogP contribution is 2.17. The molecular weight excluding hydrogens is 278 g/mol. The summed E-state index contributed by atoms with van der Waals surface area (Å²) in [6.07, 6.45) is 3.91. The molecule has 5 heteroatoms. The molecule has 0 saturated carbocycles. The van der Waals surface area contributed by atoms with Gasteiger partial charge in [0.05, 0.1) is 0 Å². The maximum Gasteiger partial charge on any atom is 0.323 e. The lowest BCUT2D eigenvalue weighted by molar-refractivity contribution is 0.262. The number of hydrogen-bond donors (Lipinski definition) is 3. The summed E-state index contributed by atoms with van der Waals surface area (Å²) in [5, 5.41) is 14.8. The molecule has 0 aliphatic rings. The van der Waals surface area contributed by atoms with E-state index in [-0.39, 0.29) is 11.8 Å². The Morgan fingerprint density at radius 3 is 2.23 bits per heavy atom. The summed E-state index contributed by atoms with van der Waals surface area (Å²) in [6, 6.07) is 17.4. The molecule has 0 atom stereocenters. The Morgan fingerprint density at radius 2 is 1.55 bits per heavy atom. The smallest absolute Gasteiger partial charge is 0.323 e. The number of nitrogens with one attached hydrogen (secondary N) is 2. The lowest BCUT2D eigenvalue weighted by atomic mass is 10.3. The molecule has 1 heterocycles. The molecule has 0 aliphatic carbocycles. The molecular formula is C17H15N3O2. The van der Waals surface area contributed by atoms with E-state index in [2.05, 4.69) is 10.6 Å². The number of aromatic hydroxyl groups is 1. The number of hydrogen-bond acceptors (Lipinski definition) is 2. The Hall–Kier alpha value is -3.21. The van der Waals surface area contributed by atoms with Crippen LogP contribution in [0.3, 0.4) is 0 Å². The van der Waals surface area contributed by atoms with Crippen molar-refractivity contribution in [3.8, 4) is 11.4 Å². The molecule has 0 unspecified atom stereocenters. The average Bonchev–Trinajstić information content (AvgIpc) is 3.02. The molecule has 3 N–H and O–H groups in total. The number of nitrogens with zero attached hydrogens (tertiary/aromatic N) is 1.